The van der Waals surface area contributed by atoms with Crippen LogP contribution in [0.1, 0.15) is 6.42 Å². The fourth-order valence-corrected chi connectivity index (χ4v) is 1.33. The van der Waals surface area contributed by atoms with E-state index in [4.69, 9.17) is 9.52 Å². The number of nitrogens with one attached hydrogen (secondary N) is 1. The maximum Gasteiger partial charge on any atom is 0.343 e. The average molecular weight is 223 g/mol. The highest BCUT2D eigenvalue weighted by atomic mass is 16.4. The van der Waals surface area contributed by atoms with Gasteiger partial charge in [-0.05, 0) is 12.1 Å². The first-order valence-electron chi connectivity index (χ1n) is 4.59. The predicted octanol–water partition coefficient (Wildman–Crippen LogP) is 0.306. The second-order valence-corrected chi connectivity index (χ2v) is 3.13. The molecule has 2 aromatic heterocycles. The van der Waals surface area contributed by atoms with Crippen LogP contribution in [0.3, 0.4) is 0 Å². The van der Waals surface area contributed by atoms with Crippen LogP contribution in [0.25, 0.3) is 11.6 Å². The van der Waals surface area contributed by atoms with Gasteiger partial charge in [-0.25, -0.2) is 9.89 Å². The van der Waals surface area contributed by atoms with Crippen LogP contribution in [0.5, 0.6) is 0 Å². The van der Waals surface area contributed by atoms with E-state index in [2.05, 4.69) is 10.2 Å². The Morgan fingerprint density at radius 3 is 3.06 bits per heavy atom. The number of H-pyrrole nitrogens is 1. The summed E-state index contributed by atoms with van der Waals surface area (Å²) in [6.45, 7) is 0.0562. The summed E-state index contributed by atoms with van der Waals surface area (Å²) in [6, 6.07) is 3.31. The van der Waals surface area contributed by atoms with Crippen LogP contribution < -0.4 is 5.69 Å². The van der Waals surface area contributed by atoms with Gasteiger partial charge >= 0.3 is 11.7 Å². The molecular formula is C9H9N3O4. The third kappa shape index (κ3) is 1.88. The van der Waals surface area contributed by atoms with Crippen molar-refractivity contribution in [2.75, 3.05) is 0 Å². The molecule has 0 aliphatic rings. The van der Waals surface area contributed by atoms with Crippen molar-refractivity contribution in [1.82, 2.24) is 14.8 Å². The third-order valence-electron chi connectivity index (χ3n) is 2.05. The topological polar surface area (TPSA) is 101 Å². The number of carboxylic acid groups (broad SMARTS) is 1. The normalized spacial score (nSPS) is 10.5. The summed E-state index contributed by atoms with van der Waals surface area (Å²) in [4.78, 5) is 21.8. The van der Waals surface area contributed by atoms with Gasteiger partial charge in [-0.2, -0.15) is 0 Å². The summed E-state index contributed by atoms with van der Waals surface area (Å²) in [5, 5.41) is 14.6. The van der Waals surface area contributed by atoms with E-state index in [-0.39, 0.29) is 13.0 Å². The molecule has 0 aromatic carbocycles. The van der Waals surface area contributed by atoms with Crippen LogP contribution in [0.2, 0.25) is 0 Å². The number of carboxylic acids is 1. The van der Waals surface area contributed by atoms with Crippen molar-refractivity contribution in [3.63, 3.8) is 0 Å². The molecule has 7 nitrogen and oxygen atoms in total. The molecule has 2 rings (SSSR count). The third-order valence-corrected chi connectivity index (χ3v) is 2.05. The molecular weight excluding hydrogens is 214 g/mol. The number of rotatable bonds is 4. The van der Waals surface area contributed by atoms with Crippen molar-refractivity contribution < 1.29 is 14.3 Å². The number of aromatic nitrogens is 3. The molecule has 0 aliphatic carbocycles. The maximum atomic E-state index is 11.4. The van der Waals surface area contributed by atoms with E-state index in [0.717, 1.165) is 0 Å². The molecule has 0 atom stereocenters. The number of aliphatic carboxylic acids is 1. The van der Waals surface area contributed by atoms with E-state index >= 15 is 0 Å². The SMILES string of the molecule is O=C(O)CCn1c(-c2ccco2)n[nH]c1=O. The lowest BCUT2D eigenvalue weighted by Gasteiger charge is -2.00. The Morgan fingerprint density at radius 1 is 1.62 bits per heavy atom. The van der Waals surface area contributed by atoms with E-state index in [1.807, 2.05) is 0 Å². The molecule has 0 fully saturated rings. The van der Waals surface area contributed by atoms with Crippen molar-refractivity contribution in [2.24, 2.45) is 0 Å². The smallest absolute Gasteiger partial charge is 0.343 e. The van der Waals surface area contributed by atoms with Gasteiger partial charge in [0.25, 0.3) is 0 Å². The highest BCUT2D eigenvalue weighted by molar-refractivity contribution is 5.66. The summed E-state index contributed by atoms with van der Waals surface area (Å²) in [6.07, 6.45) is 1.31. The summed E-state index contributed by atoms with van der Waals surface area (Å²) < 4.78 is 6.32. The van der Waals surface area contributed by atoms with Crippen molar-refractivity contribution in [3.05, 3.63) is 28.9 Å². The molecule has 2 aromatic rings. The van der Waals surface area contributed by atoms with Gasteiger partial charge in [-0.15, -0.1) is 5.10 Å². The zero-order valence-electron chi connectivity index (χ0n) is 8.21. The van der Waals surface area contributed by atoms with Gasteiger partial charge in [0.05, 0.1) is 12.7 Å². The molecule has 2 heterocycles. The number of aromatic amines is 1. The van der Waals surface area contributed by atoms with Crippen LogP contribution in [-0.4, -0.2) is 25.8 Å². The van der Waals surface area contributed by atoms with Crippen molar-refractivity contribution in [2.45, 2.75) is 13.0 Å². The van der Waals surface area contributed by atoms with Gasteiger partial charge in [-0.1, -0.05) is 0 Å². The average Bonchev–Trinajstić information content (AvgIpc) is 2.83. The van der Waals surface area contributed by atoms with Gasteiger partial charge in [0.2, 0.25) is 0 Å². The molecule has 0 aliphatic heterocycles. The van der Waals surface area contributed by atoms with E-state index < -0.39 is 11.7 Å². The van der Waals surface area contributed by atoms with Crippen LogP contribution in [0, 0.1) is 0 Å². The van der Waals surface area contributed by atoms with Crippen molar-refractivity contribution in [3.8, 4) is 11.6 Å². The summed E-state index contributed by atoms with van der Waals surface area (Å²) in [5.41, 5.74) is -0.451. The van der Waals surface area contributed by atoms with Crippen molar-refractivity contribution in [1.29, 1.82) is 0 Å². The standard InChI is InChI=1S/C9H9N3O4/c13-7(14)3-4-12-8(10-11-9(12)15)6-2-1-5-16-6/h1-2,5H,3-4H2,(H,11,15)(H,13,14). The largest absolute Gasteiger partial charge is 0.481 e. The lowest BCUT2D eigenvalue weighted by molar-refractivity contribution is -0.137. The Kier molecular flexibility index (Phi) is 2.59. The molecule has 0 spiro atoms. The van der Waals surface area contributed by atoms with Gasteiger partial charge in [0.15, 0.2) is 11.6 Å². The molecule has 2 N–H and O–H groups in total. The fraction of sp³-hybridized carbons (Fsp3) is 0.222. The molecule has 0 saturated carbocycles. The quantitative estimate of drug-likeness (QED) is 0.776. The fourth-order valence-electron chi connectivity index (χ4n) is 1.33. The molecule has 0 unspecified atom stereocenters. The summed E-state index contributed by atoms with van der Waals surface area (Å²) in [5.74, 6) is -0.251. The number of hydrogen-bond acceptors (Lipinski definition) is 4. The molecule has 0 amide bonds. The zero-order valence-corrected chi connectivity index (χ0v) is 8.21. The first kappa shape index (κ1) is 10.2. The molecule has 7 heteroatoms. The van der Waals surface area contributed by atoms with Gasteiger partial charge < -0.3 is 9.52 Å². The minimum absolute atomic E-state index is 0.0562. The predicted molar refractivity (Wildman–Crippen MR) is 52.8 cm³/mol. The minimum atomic E-state index is -0.974. The highest BCUT2D eigenvalue weighted by Gasteiger charge is 2.13. The highest BCUT2D eigenvalue weighted by Crippen LogP contribution is 2.15. The minimum Gasteiger partial charge on any atom is -0.481 e. The first-order chi connectivity index (χ1) is 7.68. The maximum absolute atomic E-state index is 11.4. The van der Waals surface area contributed by atoms with Gasteiger partial charge in [-0.3, -0.25) is 9.36 Å². The number of furan rings is 1. The Balaban J connectivity index is 2.33. The van der Waals surface area contributed by atoms with E-state index in [9.17, 15) is 9.59 Å². The van der Waals surface area contributed by atoms with E-state index in [0.29, 0.717) is 11.6 Å². The lowest BCUT2D eigenvalue weighted by atomic mass is 10.4. The zero-order chi connectivity index (χ0) is 11.5. The second-order valence-electron chi connectivity index (χ2n) is 3.13. The first-order valence-corrected chi connectivity index (χ1v) is 4.59. The molecule has 0 radical (unpaired) electrons. The number of nitrogens with zero attached hydrogens (tertiary/aromatic N) is 2. The number of carbonyl (C=O) groups is 1. The molecule has 16 heavy (non-hydrogen) atoms. The summed E-state index contributed by atoms with van der Waals surface area (Å²) >= 11 is 0. The van der Waals surface area contributed by atoms with Crippen LogP contribution in [0.4, 0.5) is 0 Å². The van der Waals surface area contributed by atoms with Gasteiger partial charge in [0.1, 0.15) is 0 Å². The van der Waals surface area contributed by atoms with Crippen LogP contribution >= 0.6 is 0 Å². The van der Waals surface area contributed by atoms with Crippen LogP contribution in [0.15, 0.2) is 27.6 Å². The Hall–Kier alpha value is -2.31. The Bertz CT molecular complexity index is 537. The molecule has 0 saturated heterocycles. The lowest BCUT2D eigenvalue weighted by Crippen LogP contribution is -2.19. The van der Waals surface area contributed by atoms with E-state index in [1.54, 1.807) is 12.1 Å². The summed E-state index contributed by atoms with van der Waals surface area (Å²) in [7, 11) is 0. The van der Waals surface area contributed by atoms with Gasteiger partial charge in [0, 0.05) is 6.54 Å². The van der Waals surface area contributed by atoms with Crippen molar-refractivity contribution >= 4 is 5.97 Å². The Labute approximate surface area is 89.3 Å². The Morgan fingerprint density at radius 2 is 2.44 bits per heavy atom. The number of hydrogen-bond donors (Lipinski definition) is 2. The van der Waals surface area contributed by atoms with E-state index in [1.165, 1.54) is 10.8 Å². The van der Waals surface area contributed by atoms with Crippen LogP contribution in [-0.2, 0) is 11.3 Å². The molecule has 0 bridgehead atoms. The monoisotopic (exact) mass is 223 g/mol. The second kappa shape index (κ2) is 4.05. The molecule has 84 valence electrons.